The van der Waals surface area contributed by atoms with Crippen LogP contribution in [0.4, 0.5) is 0 Å². The van der Waals surface area contributed by atoms with Gasteiger partial charge in [0.2, 0.25) is 0 Å². The van der Waals surface area contributed by atoms with E-state index in [9.17, 15) is 0 Å². The van der Waals surface area contributed by atoms with Gasteiger partial charge in [-0.3, -0.25) is 0 Å². The molecule has 2 aliphatic rings. The fourth-order valence-electron chi connectivity index (χ4n) is 2.78. The predicted octanol–water partition coefficient (Wildman–Crippen LogP) is 1.61. The highest BCUT2D eigenvalue weighted by Gasteiger charge is 2.32. The summed E-state index contributed by atoms with van der Waals surface area (Å²) in [7, 11) is 0. The summed E-state index contributed by atoms with van der Waals surface area (Å²) >= 11 is 0. The Kier molecular flexibility index (Phi) is 1.98. The molecule has 0 amide bonds. The maximum atomic E-state index is 4.45. The van der Waals surface area contributed by atoms with Gasteiger partial charge in [-0.2, -0.15) is 0 Å². The standard InChI is InChI=1S/C11H15N3/c1-2-4-10-9(3-1)11-8(6-13-10)5-12-7-14-11/h5,7,9-10,13H,1-4,6H2/t9-,10+/m1/s1. The molecule has 0 bridgehead atoms. The first-order valence-electron chi connectivity index (χ1n) is 5.47. The summed E-state index contributed by atoms with van der Waals surface area (Å²) in [4.78, 5) is 8.54. The summed E-state index contributed by atoms with van der Waals surface area (Å²) in [5, 5.41) is 3.60. The van der Waals surface area contributed by atoms with E-state index in [0.717, 1.165) is 6.54 Å². The van der Waals surface area contributed by atoms with Crippen LogP contribution in [-0.4, -0.2) is 16.0 Å². The summed E-state index contributed by atoms with van der Waals surface area (Å²) < 4.78 is 0. The monoisotopic (exact) mass is 189 g/mol. The zero-order valence-electron chi connectivity index (χ0n) is 8.24. The summed E-state index contributed by atoms with van der Waals surface area (Å²) in [5.74, 6) is 0.649. The Balaban J connectivity index is 1.99. The second kappa shape index (κ2) is 3.31. The van der Waals surface area contributed by atoms with Crippen molar-refractivity contribution in [1.29, 1.82) is 0 Å². The van der Waals surface area contributed by atoms with E-state index in [1.807, 2.05) is 6.20 Å². The number of aromatic nitrogens is 2. The lowest BCUT2D eigenvalue weighted by molar-refractivity contribution is 0.301. The molecule has 1 saturated carbocycles. The molecule has 1 aromatic rings. The number of hydrogen-bond donors (Lipinski definition) is 1. The molecule has 1 aromatic heterocycles. The second-order valence-electron chi connectivity index (χ2n) is 4.31. The van der Waals surface area contributed by atoms with E-state index < -0.39 is 0 Å². The van der Waals surface area contributed by atoms with Gasteiger partial charge in [-0.15, -0.1) is 0 Å². The lowest BCUT2D eigenvalue weighted by atomic mass is 9.79. The van der Waals surface area contributed by atoms with Crippen molar-refractivity contribution in [2.24, 2.45) is 0 Å². The maximum Gasteiger partial charge on any atom is 0.115 e. The highest BCUT2D eigenvalue weighted by atomic mass is 15.0. The minimum absolute atomic E-state index is 0.649. The molecule has 0 unspecified atom stereocenters. The number of hydrogen-bond acceptors (Lipinski definition) is 3. The normalized spacial score (nSPS) is 30.6. The van der Waals surface area contributed by atoms with E-state index in [2.05, 4.69) is 15.3 Å². The third-order valence-corrected chi connectivity index (χ3v) is 3.49. The van der Waals surface area contributed by atoms with E-state index in [4.69, 9.17) is 0 Å². The van der Waals surface area contributed by atoms with Crippen molar-refractivity contribution < 1.29 is 0 Å². The minimum Gasteiger partial charge on any atom is -0.309 e. The predicted molar refractivity (Wildman–Crippen MR) is 53.9 cm³/mol. The molecular weight excluding hydrogens is 174 g/mol. The zero-order valence-corrected chi connectivity index (χ0v) is 8.24. The average molecular weight is 189 g/mol. The molecule has 74 valence electrons. The van der Waals surface area contributed by atoms with Gasteiger partial charge in [0.1, 0.15) is 6.33 Å². The average Bonchev–Trinajstić information content (AvgIpc) is 2.29. The molecule has 2 heterocycles. The van der Waals surface area contributed by atoms with Crippen LogP contribution >= 0.6 is 0 Å². The van der Waals surface area contributed by atoms with Crippen LogP contribution in [0.25, 0.3) is 0 Å². The Bertz CT molecular complexity index is 337. The van der Waals surface area contributed by atoms with Crippen LogP contribution in [0, 0.1) is 0 Å². The van der Waals surface area contributed by atoms with Crippen molar-refractivity contribution in [3.8, 4) is 0 Å². The lowest BCUT2D eigenvalue weighted by Gasteiger charge is -2.36. The quantitative estimate of drug-likeness (QED) is 0.673. The van der Waals surface area contributed by atoms with Gasteiger partial charge in [0.25, 0.3) is 0 Å². The first-order valence-corrected chi connectivity index (χ1v) is 5.47. The van der Waals surface area contributed by atoms with Crippen molar-refractivity contribution in [2.75, 3.05) is 0 Å². The molecule has 1 fully saturated rings. The van der Waals surface area contributed by atoms with E-state index >= 15 is 0 Å². The first kappa shape index (κ1) is 8.36. The van der Waals surface area contributed by atoms with Gasteiger partial charge in [-0.1, -0.05) is 12.8 Å². The minimum atomic E-state index is 0.649. The maximum absolute atomic E-state index is 4.45. The van der Waals surface area contributed by atoms with Gasteiger partial charge in [0, 0.05) is 30.3 Å². The van der Waals surface area contributed by atoms with Crippen molar-refractivity contribution in [3.63, 3.8) is 0 Å². The third kappa shape index (κ3) is 1.23. The Hall–Kier alpha value is -0.960. The van der Waals surface area contributed by atoms with E-state index in [0.29, 0.717) is 12.0 Å². The second-order valence-corrected chi connectivity index (χ2v) is 4.31. The molecule has 3 heteroatoms. The van der Waals surface area contributed by atoms with Crippen molar-refractivity contribution in [3.05, 3.63) is 23.8 Å². The Morgan fingerprint density at radius 2 is 2.21 bits per heavy atom. The molecule has 0 spiro atoms. The largest absolute Gasteiger partial charge is 0.309 e. The van der Waals surface area contributed by atoms with Crippen molar-refractivity contribution in [1.82, 2.24) is 15.3 Å². The number of nitrogens with zero attached hydrogens (tertiary/aromatic N) is 2. The van der Waals surface area contributed by atoms with Crippen LogP contribution in [0.5, 0.6) is 0 Å². The molecule has 3 rings (SSSR count). The first-order chi connectivity index (χ1) is 6.95. The molecule has 14 heavy (non-hydrogen) atoms. The molecular formula is C11H15N3. The zero-order chi connectivity index (χ0) is 9.38. The number of rotatable bonds is 0. The number of fused-ring (bicyclic) bond motifs is 3. The lowest BCUT2D eigenvalue weighted by Crippen LogP contribution is -2.41. The molecule has 0 saturated heterocycles. The van der Waals surface area contributed by atoms with Crippen LogP contribution in [-0.2, 0) is 6.54 Å². The van der Waals surface area contributed by atoms with E-state index in [-0.39, 0.29) is 0 Å². The SMILES string of the molecule is c1ncc2c(n1)[C@@H]1CCCC[C@@H]1NC2. The van der Waals surface area contributed by atoms with Crippen LogP contribution in [0.15, 0.2) is 12.5 Å². The summed E-state index contributed by atoms with van der Waals surface area (Å²) in [6.07, 6.45) is 8.98. The Morgan fingerprint density at radius 1 is 1.29 bits per heavy atom. The number of nitrogens with one attached hydrogen (secondary N) is 1. The summed E-state index contributed by atoms with van der Waals surface area (Å²) in [6.45, 7) is 0.956. The molecule has 3 nitrogen and oxygen atoms in total. The molecule has 0 radical (unpaired) electrons. The summed E-state index contributed by atoms with van der Waals surface area (Å²) in [6, 6.07) is 0.672. The van der Waals surface area contributed by atoms with Crippen LogP contribution in [0.3, 0.4) is 0 Å². The fraction of sp³-hybridized carbons (Fsp3) is 0.636. The highest BCUT2D eigenvalue weighted by molar-refractivity contribution is 5.25. The fourth-order valence-corrected chi connectivity index (χ4v) is 2.78. The molecule has 1 N–H and O–H groups in total. The molecule has 0 aromatic carbocycles. The summed E-state index contributed by atoms with van der Waals surface area (Å²) in [5.41, 5.74) is 2.61. The van der Waals surface area contributed by atoms with Crippen LogP contribution in [0.1, 0.15) is 42.9 Å². The van der Waals surface area contributed by atoms with Gasteiger partial charge in [0.05, 0.1) is 5.69 Å². The van der Waals surface area contributed by atoms with Crippen LogP contribution < -0.4 is 5.32 Å². The van der Waals surface area contributed by atoms with Gasteiger partial charge in [0.15, 0.2) is 0 Å². The molecule has 1 aliphatic heterocycles. The van der Waals surface area contributed by atoms with Gasteiger partial charge >= 0.3 is 0 Å². The highest BCUT2D eigenvalue weighted by Crippen LogP contribution is 2.36. The van der Waals surface area contributed by atoms with Crippen molar-refractivity contribution in [2.45, 2.75) is 44.2 Å². The van der Waals surface area contributed by atoms with Gasteiger partial charge in [-0.25, -0.2) is 9.97 Å². The Morgan fingerprint density at radius 3 is 3.21 bits per heavy atom. The Labute approximate surface area is 84.0 Å². The third-order valence-electron chi connectivity index (χ3n) is 3.49. The van der Waals surface area contributed by atoms with Gasteiger partial charge in [-0.05, 0) is 12.8 Å². The molecule has 2 atom stereocenters. The van der Waals surface area contributed by atoms with E-state index in [1.54, 1.807) is 6.33 Å². The molecule has 1 aliphatic carbocycles. The smallest absolute Gasteiger partial charge is 0.115 e. The van der Waals surface area contributed by atoms with E-state index in [1.165, 1.54) is 36.9 Å². The van der Waals surface area contributed by atoms with Crippen molar-refractivity contribution >= 4 is 0 Å². The topological polar surface area (TPSA) is 37.8 Å². The van der Waals surface area contributed by atoms with Gasteiger partial charge < -0.3 is 5.32 Å². The van der Waals surface area contributed by atoms with Crippen LogP contribution in [0.2, 0.25) is 0 Å².